The Morgan fingerprint density at radius 1 is 1.00 bits per heavy atom. The number of nitrogens with zero attached hydrogens (tertiary/aromatic N) is 3. The Morgan fingerprint density at radius 3 is 2.30 bits per heavy atom. The number of para-hydroxylation sites is 1. The first-order chi connectivity index (χ1) is 15.7. The van der Waals surface area contributed by atoms with E-state index in [1.54, 1.807) is 18.2 Å². The van der Waals surface area contributed by atoms with Crippen LogP contribution in [0.2, 0.25) is 5.02 Å². The van der Waals surface area contributed by atoms with Gasteiger partial charge in [0.05, 0.1) is 35.8 Å². The predicted molar refractivity (Wildman–Crippen MR) is 124 cm³/mol. The second-order valence-corrected chi connectivity index (χ2v) is 7.71. The molecule has 11 heteroatoms. The molecule has 0 atom stereocenters. The third-order valence-corrected chi connectivity index (χ3v) is 5.27. The van der Waals surface area contributed by atoms with Gasteiger partial charge in [0.1, 0.15) is 24.6 Å². The number of hydrogen-bond donors (Lipinski definition) is 1. The molecule has 3 rings (SSSR count). The Hall–Kier alpha value is -3.79. The van der Waals surface area contributed by atoms with Crippen LogP contribution < -0.4 is 26.0 Å². The van der Waals surface area contributed by atoms with E-state index in [2.05, 4.69) is 5.32 Å². The molecule has 3 aromatic rings. The molecule has 10 nitrogen and oxygen atoms in total. The molecule has 1 aromatic heterocycles. The van der Waals surface area contributed by atoms with Crippen molar-refractivity contribution in [3.8, 4) is 11.5 Å². The summed E-state index contributed by atoms with van der Waals surface area (Å²) in [4.78, 5) is 52.3. The van der Waals surface area contributed by atoms with E-state index in [0.717, 1.165) is 9.13 Å². The molecule has 0 aliphatic heterocycles. The number of hydrogen-bond acceptors (Lipinski definition) is 6. The molecule has 1 heterocycles. The van der Waals surface area contributed by atoms with E-state index in [-0.39, 0.29) is 21.6 Å². The Bertz CT molecular complexity index is 1350. The van der Waals surface area contributed by atoms with E-state index < -0.39 is 36.2 Å². The number of anilines is 1. The van der Waals surface area contributed by atoms with Gasteiger partial charge in [-0.3, -0.25) is 23.5 Å². The first-order valence-electron chi connectivity index (χ1n) is 9.81. The Labute approximate surface area is 193 Å². The van der Waals surface area contributed by atoms with Crippen molar-refractivity contribution in [2.45, 2.75) is 13.1 Å². The Kier molecular flexibility index (Phi) is 7.07. The molecule has 0 unspecified atom stereocenters. The molecule has 0 aliphatic rings. The van der Waals surface area contributed by atoms with Gasteiger partial charge in [0, 0.05) is 20.2 Å². The summed E-state index contributed by atoms with van der Waals surface area (Å²) >= 11 is 6.16. The number of nitrogens with one attached hydrogen (secondary N) is 1. The van der Waals surface area contributed by atoms with Gasteiger partial charge in [-0.25, -0.2) is 4.79 Å². The summed E-state index contributed by atoms with van der Waals surface area (Å²) in [7, 11) is 5.92. The molecule has 0 saturated heterocycles. The lowest BCUT2D eigenvalue weighted by Gasteiger charge is -2.16. The van der Waals surface area contributed by atoms with Crippen molar-refractivity contribution in [3.63, 3.8) is 0 Å². The SMILES string of the molecule is COc1cc(OC)c(NC(=O)Cn2c(=O)n(CC(=O)N(C)C)c(=O)c3ccccc32)cc1Cl. The first kappa shape index (κ1) is 23.9. The number of halogens is 1. The lowest BCUT2D eigenvalue weighted by Crippen LogP contribution is -2.44. The lowest BCUT2D eigenvalue weighted by molar-refractivity contribution is -0.129. The third kappa shape index (κ3) is 4.85. The average molecular weight is 475 g/mol. The molecular formula is C22H23ClN4O6. The van der Waals surface area contributed by atoms with Crippen LogP contribution in [0.3, 0.4) is 0 Å². The highest BCUT2D eigenvalue weighted by atomic mass is 35.5. The summed E-state index contributed by atoms with van der Waals surface area (Å²) in [6.07, 6.45) is 0. The molecule has 0 saturated carbocycles. The molecule has 0 aliphatic carbocycles. The van der Waals surface area contributed by atoms with Crippen LogP contribution >= 0.6 is 11.6 Å². The number of rotatable bonds is 7. The van der Waals surface area contributed by atoms with Crippen LogP contribution in [0.5, 0.6) is 11.5 Å². The molecular weight excluding hydrogens is 452 g/mol. The van der Waals surface area contributed by atoms with E-state index in [0.29, 0.717) is 11.5 Å². The number of ether oxygens (including phenoxy) is 2. The quantitative estimate of drug-likeness (QED) is 0.556. The molecule has 0 radical (unpaired) electrons. The van der Waals surface area contributed by atoms with E-state index in [1.165, 1.54) is 51.4 Å². The van der Waals surface area contributed by atoms with Crippen LogP contribution in [-0.4, -0.2) is 54.2 Å². The van der Waals surface area contributed by atoms with Gasteiger partial charge in [-0.15, -0.1) is 0 Å². The minimum atomic E-state index is -0.774. The van der Waals surface area contributed by atoms with Crippen molar-refractivity contribution < 1.29 is 19.1 Å². The van der Waals surface area contributed by atoms with E-state index in [4.69, 9.17) is 21.1 Å². The van der Waals surface area contributed by atoms with Gasteiger partial charge in [0.15, 0.2) is 0 Å². The monoisotopic (exact) mass is 474 g/mol. The van der Waals surface area contributed by atoms with Crippen molar-refractivity contribution in [3.05, 3.63) is 62.3 Å². The standard InChI is InChI=1S/C22H23ClN4O6/c1-25(2)20(29)12-27-21(30)13-7-5-6-8-16(13)26(22(27)31)11-19(28)24-15-9-14(23)17(32-3)10-18(15)33-4/h5-10H,11-12H2,1-4H3,(H,24,28). The highest BCUT2D eigenvalue weighted by Crippen LogP contribution is 2.35. The molecule has 33 heavy (non-hydrogen) atoms. The minimum Gasteiger partial charge on any atom is -0.495 e. The number of fused-ring (bicyclic) bond motifs is 1. The van der Waals surface area contributed by atoms with E-state index in [1.807, 2.05) is 0 Å². The fourth-order valence-corrected chi connectivity index (χ4v) is 3.47. The van der Waals surface area contributed by atoms with E-state index >= 15 is 0 Å². The number of likely N-dealkylation sites (N-methyl/N-ethyl adjacent to an activating group) is 1. The van der Waals surface area contributed by atoms with Gasteiger partial charge in [-0.05, 0) is 18.2 Å². The maximum Gasteiger partial charge on any atom is 0.332 e. The van der Waals surface area contributed by atoms with Crippen LogP contribution in [-0.2, 0) is 22.7 Å². The number of methoxy groups -OCH3 is 2. The summed E-state index contributed by atoms with van der Waals surface area (Å²) < 4.78 is 12.4. The minimum absolute atomic E-state index is 0.210. The van der Waals surface area contributed by atoms with Gasteiger partial charge >= 0.3 is 5.69 Å². The normalized spacial score (nSPS) is 10.7. The van der Waals surface area contributed by atoms with Gasteiger partial charge in [-0.2, -0.15) is 0 Å². The zero-order valence-corrected chi connectivity index (χ0v) is 19.3. The first-order valence-corrected chi connectivity index (χ1v) is 10.2. The summed E-state index contributed by atoms with van der Waals surface area (Å²) in [6.45, 7) is -0.860. The van der Waals surface area contributed by atoms with Crippen LogP contribution in [0.15, 0.2) is 46.0 Å². The zero-order valence-electron chi connectivity index (χ0n) is 18.5. The maximum atomic E-state index is 13.1. The van der Waals surface area contributed by atoms with Gasteiger partial charge in [-0.1, -0.05) is 23.7 Å². The van der Waals surface area contributed by atoms with Crippen LogP contribution in [0.1, 0.15) is 0 Å². The molecule has 0 spiro atoms. The molecule has 1 N–H and O–H groups in total. The number of carbonyl (C=O) groups excluding carboxylic acids is 2. The number of benzene rings is 2. The third-order valence-electron chi connectivity index (χ3n) is 4.97. The largest absolute Gasteiger partial charge is 0.495 e. The van der Waals surface area contributed by atoms with Gasteiger partial charge in [0.25, 0.3) is 5.56 Å². The summed E-state index contributed by atoms with van der Waals surface area (Å²) in [5.74, 6) is -0.321. The van der Waals surface area contributed by atoms with Crippen LogP contribution in [0.25, 0.3) is 10.9 Å². The fraction of sp³-hybridized carbons (Fsp3) is 0.273. The second-order valence-electron chi connectivity index (χ2n) is 7.30. The van der Waals surface area contributed by atoms with Crippen LogP contribution in [0, 0.1) is 0 Å². The molecule has 2 aromatic carbocycles. The van der Waals surface area contributed by atoms with Crippen molar-refractivity contribution in [1.29, 1.82) is 0 Å². The highest BCUT2D eigenvalue weighted by molar-refractivity contribution is 6.32. The average Bonchev–Trinajstić information content (AvgIpc) is 2.79. The van der Waals surface area contributed by atoms with Crippen LogP contribution in [0.4, 0.5) is 5.69 Å². The molecule has 0 fully saturated rings. The number of carbonyl (C=O) groups is 2. The van der Waals surface area contributed by atoms with E-state index in [9.17, 15) is 19.2 Å². The summed E-state index contributed by atoms with van der Waals surface area (Å²) in [5.41, 5.74) is -0.826. The van der Waals surface area contributed by atoms with Crippen molar-refractivity contribution in [2.24, 2.45) is 0 Å². The fourth-order valence-electron chi connectivity index (χ4n) is 3.23. The number of amides is 2. The van der Waals surface area contributed by atoms with Crippen molar-refractivity contribution >= 4 is 40.0 Å². The smallest absolute Gasteiger partial charge is 0.332 e. The molecule has 2 amide bonds. The second kappa shape index (κ2) is 9.78. The Balaban J connectivity index is 2.03. The molecule has 0 bridgehead atoms. The Morgan fingerprint density at radius 2 is 1.67 bits per heavy atom. The zero-order chi connectivity index (χ0) is 24.3. The van der Waals surface area contributed by atoms with Gasteiger partial charge < -0.3 is 19.7 Å². The maximum absolute atomic E-state index is 13.1. The summed E-state index contributed by atoms with van der Waals surface area (Å²) in [6, 6.07) is 9.38. The lowest BCUT2D eigenvalue weighted by atomic mass is 10.2. The topological polar surface area (TPSA) is 112 Å². The van der Waals surface area contributed by atoms with Crippen molar-refractivity contribution in [2.75, 3.05) is 33.6 Å². The van der Waals surface area contributed by atoms with Crippen molar-refractivity contribution in [1.82, 2.24) is 14.0 Å². The number of aromatic nitrogens is 2. The summed E-state index contributed by atoms with van der Waals surface area (Å²) in [5, 5.41) is 3.13. The predicted octanol–water partition coefficient (Wildman–Crippen LogP) is 1.56. The molecule has 174 valence electrons. The highest BCUT2D eigenvalue weighted by Gasteiger charge is 2.19. The van der Waals surface area contributed by atoms with Gasteiger partial charge in [0.2, 0.25) is 11.8 Å².